The Balaban J connectivity index is 2.18. The molecule has 0 N–H and O–H groups in total. The third-order valence-corrected chi connectivity index (χ3v) is 5.54. The van der Waals surface area contributed by atoms with Crippen LogP contribution in [0.1, 0.15) is 68.2 Å². The fourth-order valence-corrected chi connectivity index (χ4v) is 5.25. The largest absolute Gasteiger partial charge is 0.460 e. The van der Waals surface area contributed by atoms with E-state index in [2.05, 4.69) is 34.6 Å². The van der Waals surface area contributed by atoms with Gasteiger partial charge in [0, 0.05) is 0 Å². The lowest BCUT2D eigenvalue weighted by molar-refractivity contribution is -0.164. The van der Waals surface area contributed by atoms with E-state index < -0.39 is 0 Å². The van der Waals surface area contributed by atoms with E-state index in [0.29, 0.717) is 29.1 Å². The van der Waals surface area contributed by atoms with Crippen LogP contribution in [0.4, 0.5) is 0 Å². The lowest BCUT2D eigenvalue weighted by Crippen LogP contribution is -2.42. The molecule has 0 saturated heterocycles. The highest BCUT2D eigenvalue weighted by Gasteiger charge is 2.58. The molecule has 21 heavy (non-hydrogen) atoms. The summed E-state index contributed by atoms with van der Waals surface area (Å²) in [6.07, 6.45) is 2.28. The van der Waals surface area contributed by atoms with E-state index in [-0.39, 0.29) is 17.5 Å². The van der Waals surface area contributed by atoms with E-state index in [1.165, 1.54) is 6.42 Å². The molecule has 2 fully saturated rings. The summed E-state index contributed by atoms with van der Waals surface area (Å²) in [7, 11) is 0. The third kappa shape index (κ3) is 3.29. The first-order valence-electron chi connectivity index (χ1n) is 8.64. The van der Waals surface area contributed by atoms with E-state index in [9.17, 15) is 4.79 Å². The zero-order chi connectivity index (χ0) is 16.2. The van der Waals surface area contributed by atoms with Gasteiger partial charge in [-0.1, -0.05) is 34.6 Å². The minimum atomic E-state index is -0.365. The molecule has 122 valence electrons. The fourth-order valence-electron chi connectivity index (χ4n) is 5.25. The number of carbonyl (C=O) groups is 1. The minimum absolute atomic E-state index is 0.0491. The van der Waals surface area contributed by atoms with Crippen LogP contribution in [-0.4, -0.2) is 11.6 Å². The highest BCUT2D eigenvalue weighted by molar-refractivity contribution is 5.74. The maximum atomic E-state index is 12.6. The van der Waals surface area contributed by atoms with Gasteiger partial charge in [0.2, 0.25) is 0 Å². The summed E-state index contributed by atoms with van der Waals surface area (Å²) in [5.74, 6) is 3.50. The number of esters is 1. The number of fused-ring (bicyclic) bond motifs is 2. The second-order valence-electron chi connectivity index (χ2n) is 9.75. The molecule has 2 aliphatic carbocycles. The van der Waals surface area contributed by atoms with Crippen LogP contribution >= 0.6 is 0 Å². The first kappa shape index (κ1) is 16.8. The van der Waals surface area contributed by atoms with Gasteiger partial charge in [-0.25, -0.2) is 0 Å². The molecule has 0 aromatic rings. The van der Waals surface area contributed by atoms with Crippen molar-refractivity contribution in [3.63, 3.8) is 0 Å². The Labute approximate surface area is 131 Å². The van der Waals surface area contributed by atoms with Gasteiger partial charge in [-0.3, -0.25) is 4.79 Å². The maximum absolute atomic E-state index is 12.6. The lowest BCUT2D eigenvalue weighted by Gasteiger charge is -2.44. The Morgan fingerprint density at radius 1 is 1.05 bits per heavy atom. The topological polar surface area (TPSA) is 26.3 Å². The van der Waals surface area contributed by atoms with E-state index in [0.717, 1.165) is 12.3 Å². The van der Waals surface area contributed by atoms with Gasteiger partial charge in [-0.15, -0.1) is 0 Å². The second kappa shape index (κ2) is 5.28. The molecule has 2 rings (SSSR count). The first-order chi connectivity index (χ1) is 9.42. The quantitative estimate of drug-likeness (QED) is 0.676. The lowest BCUT2D eigenvalue weighted by atomic mass is 9.61. The van der Waals surface area contributed by atoms with Crippen molar-refractivity contribution in [1.82, 2.24) is 0 Å². The van der Waals surface area contributed by atoms with Crippen molar-refractivity contribution in [3.8, 4) is 0 Å². The van der Waals surface area contributed by atoms with Crippen LogP contribution in [-0.2, 0) is 9.53 Å². The Morgan fingerprint density at radius 2 is 1.62 bits per heavy atom. The van der Waals surface area contributed by atoms with Gasteiger partial charge >= 0.3 is 5.97 Å². The molecule has 0 aromatic carbocycles. The van der Waals surface area contributed by atoms with E-state index >= 15 is 0 Å². The molecule has 5 unspecified atom stereocenters. The van der Waals surface area contributed by atoms with E-state index in [4.69, 9.17) is 4.74 Å². The van der Waals surface area contributed by atoms with Gasteiger partial charge in [-0.05, 0) is 68.6 Å². The molecule has 0 aliphatic heterocycles. The molecular weight excluding hydrogens is 260 g/mol. The predicted molar refractivity (Wildman–Crippen MR) is 86.8 cm³/mol. The molecule has 0 spiro atoms. The Bertz CT molecular complexity index is 397. The summed E-state index contributed by atoms with van der Waals surface area (Å²) in [5, 5.41) is 0. The summed E-state index contributed by atoms with van der Waals surface area (Å²) in [6, 6.07) is 0. The Kier molecular flexibility index (Phi) is 4.23. The van der Waals surface area contributed by atoms with Crippen molar-refractivity contribution in [1.29, 1.82) is 0 Å². The molecule has 2 aliphatic rings. The van der Waals surface area contributed by atoms with Crippen LogP contribution in [0.25, 0.3) is 0 Å². The average Bonchev–Trinajstić information content (AvgIpc) is 2.81. The SMILES string of the molecule is CC(C)C1C2CC(CC2C(=O)OC(C)(C)C)C1C(C)(C)C. The van der Waals surface area contributed by atoms with Crippen molar-refractivity contribution >= 4 is 5.97 Å². The van der Waals surface area contributed by atoms with E-state index in [1.54, 1.807) is 0 Å². The normalized spacial score (nSPS) is 36.3. The number of carbonyl (C=O) groups excluding carboxylic acids is 1. The molecular formula is C19H34O2. The molecule has 0 radical (unpaired) electrons. The molecule has 0 amide bonds. The van der Waals surface area contributed by atoms with Crippen molar-refractivity contribution in [2.45, 2.75) is 73.8 Å². The highest BCUT2D eigenvalue weighted by Crippen LogP contribution is 2.62. The Morgan fingerprint density at radius 3 is 2.05 bits per heavy atom. The zero-order valence-electron chi connectivity index (χ0n) is 15.2. The predicted octanol–water partition coefficient (Wildman–Crippen LogP) is 4.92. The highest BCUT2D eigenvalue weighted by atomic mass is 16.6. The minimum Gasteiger partial charge on any atom is -0.460 e. The van der Waals surface area contributed by atoms with Crippen molar-refractivity contribution in [2.75, 3.05) is 0 Å². The van der Waals surface area contributed by atoms with Crippen molar-refractivity contribution < 1.29 is 9.53 Å². The maximum Gasteiger partial charge on any atom is 0.309 e. The molecule has 2 nitrogen and oxygen atoms in total. The van der Waals surface area contributed by atoms with Crippen LogP contribution in [0.5, 0.6) is 0 Å². The van der Waals surface area contributed by atoms with Crippen LogP contribution < -0.4 is 0 Å². The summed E-state index contributed by atoms with van der Waals surface area (Å²) >= 11 is 0. The number of rotatable bonds is 2. The van der Waals surface area contributed by atoms with Crippen molar-refractivity contribution in [3.05, 3.63) is 0 Å². The summed E-state index contributed by atoms with van der Waals surface area (Å²) < 4.78 is 5.68. The van der Waals surface area contributed by atoms with Gasteiger partial charge in [-0.2, -0.15) is 0 Å². The third-order valence-electron chi connectivity index (χ3n) is 5.54. The van der Waals surface area contributed by atoms with Gasteiger partial charge < -0.3 is 4.74 Å². The number of hydrogen-bond donors (Lipinski definition) is 0. The number of ether oxygens (including phenoxy) is 1. The van der Waals surface area contributed by atoms with Crippen LogP contribution in [0.2, 0.25) is 0 Å². The van der Waals surface area contributed by atoms with Gasteiger partial charge in [0.1, 0.15) is 5.60 Å². The number of hydrogen-bond acceptors (Lipinski definition) is 2. The molecule has 5 atom stereocenters. The van der Waals surface area contributed by atoms with Gasteiger partial charge in [0.15, 0.2) is 0 Å². The smallest absolute Gasteiger partial charge is 0.309 e. The standard InChI is InChI=1S/C19H34O2/c1-11(2)15-13-9-12(16(15)18(3,4)5)10-14(13)17(20)21-19(6,7)8/h11-16H,9-10H2,1-8H3. The van der Waals surface area contributed by atoms with Gasteiger partial charge in [0.05, 0.1) is 5.92 Å². The molecule has 2 heteroatoms. The second-order valence-corrected chi connectivity index (χ2v) is 9.75. The van der Waals surface area contributed by atoms with Crippen LogP contribution in [0.3, 0.4) is 0 Å². The summed E-state index contributed by atoms with van der Waals surface area (Å²) in [4.78, 5) is 12.6. The molecule has 0 aromatic heterocycles. The summed E-state index contributed by atoms with van der Waals surface area (Å²) in [6.45, 7) is 17.7. The van der Waals surface area contributed by atoms with Crippen molar-refractivity contribution in [2.24, 2.45) is 40.9 Å². The van der Waals surface area contributed by atoms with Gasteiger partial charge in [0.25, 0.3) is 0 Å². The fraction of sp³-hybridized carbons (Fsp3) is 0.947. The molecule has 2 bridgehead atoms. The monoisotopic (exact) mass is 294 g/mol. The average molecular weight is 294 g/mol. The van der Waals surface area contributed by atoms with E-state index in [1.807, 2.05) is 20.8 Å². The Hall–Kier alpha value is -0.530. The molecule has 0 heterocycles. The summed E-state index contributed by atoms with van der Waals surface area (Å²) in [5.41, 5.74) is -0.0249. The van der Waals surface area contributed by atoms with Crippen LogP contribution in [0, 0.1) is 40.9 Å². The zero-order valence-corrected chi connectivity index (χ0v) is 15.2. The van der Waals surface area contributed by atoms with Crippen LogP contribution in [0.15, 0.2) is 0 Å². The first-order valence-corrected chi connectivity index (χ1v) is 8.64. The molecule has 2 saturated carbocycles.